The number of carbonyl (C=O) groups is 1. The Hall–Kier alpha value is -3.28. The van der Waals surface area contributed by atoms with Gasteiger partial charge in [0.15, 0.2) is 0 Å². The fraction of sp³-hybridized carbons (Fsp3) is 0.238. The molecule has 2 N–H and O–H groups in total. The zero-order valence-electron chi connectivity index (χ0n) is 15.4. The van der Waals surface area contributed by atoms with Crippen LogP contribution in [0.3, 0.4) is 0 Å². The van der Waals surface area contributed by atoms with Gasteiger partial charge in [-0.05, 0) is 35.7 Å². The van der Waals surface area contributed by atoms with Crippen molar-refractivity contribution in [2.75, 3.05) is 13.2 Å². The van der Waals surface area contributed by atoms with Crippen molar-refractivity contribution < 1.29 is 9.53 Å². The first-order valence-corrected chi connectivity index (χ1v) is 8.94. The predicted molar refractivity (Wildman–Crippen MR) is 105 cm³/mol. The minimum Gasteiger partial charge on any atom is -0.492 e. The highest BCUT2D eigenvalue weighted by molar-refractivity contribution is 5.73. The first-order chi connectivity index (χ1) is 13.2. The summed E-state index contributed by atoms with van der Waals surface area (Å²) in [6, 6.07) is 15.8. The van der Waals surface area contributed by atoms with Gasteiger partial charge in [0.2, 0.25) is 0 Å². The molecular formula is C21H24N4O2. The van der Waals surface area contributed by atoms with E-state index in [1.54, 1.807) is 12.5 Å². The quantitative estimate of drug-likeness (QED) is 0.604. The minimum absolute atomic E-state index is 0.203. The fourth-order valence-electron chi connectivity index (χ4n) is 2.64. The van der Waals surface area contributed by atoms with Crippen LogP contribution in [0.15, 0.2) is 67.3 Å². The topological polar surface area (TPSA) is 68.2 Å². The molecular weight excluding hydrogens is 340 g/mol. The molecule has 3 rings (SSSR count). The highest BCUT2D eigenvalue weighted by atomic mass is 16.5. The maximum atomic E-state index is 11.9. The maximum absolute atomic E-state index is 11.9. The number of aryl methyl sites for hydroxylation is 1. The highest BCUT2D eigenvalue weighted by Crippen LogP contribution is 2.11. The Labute approximate surface area is 159 Å². The number of nitrogens with zero attached hydrogens (tertiary/aromatic N) is 2. The molecule has 0 radical (unpaired) electrons. The molecule has 0 fully saturated rings. The molecule has 0 atom stereocenters. The van der Waals surface area contributed by atoms with Crippen LogP contribution >= 0.6 is 0 Å². The average molecular weight is 364 g/mol. The molecule has 6 heteroatoms. The monoisotopic (exact) mass is 364 g/mol. The summed E-state index contributed by atoms with van der Waals surface area (Å²) in [6.45, 7) is 4.16. The lowest BCUT2D eigenvalue weighted by Gasteiger charge is -2.10. The second kappa shape index (κ2) is 9.43. The van der Waals surface area contributed by atoms with Crippen molar-refractivity contribution in [2.24, 2.45) is 0 Å². The van der Waals surface area contributed by atoms with Crippen LogP contribution in [-0.2, 0) is 13.1 Å². The fourth-order valence-corrected chi connectivity index (χ4v) is 2.64. The van der Waals surface area contributed by atoms with Crippen LogP contribution in [0.5, 0.6) is 5.75 Å². The first-order valence-electron chi connectivity index (χ1n) is 8.94. The van der Waals surface area contributed by atoms with Crippen molar-refractivity contribution in [3.05, 3.63) is 83.9 Å². The summed E-state index contributed by atoms with van der Waals surface area (Å²) in [5.74, 6) is 0.813. The van der Waals surface area contributed by atoms with E-state index in [4.69, 9.17) is 4.74 Å². The molecule has 1 aromatic heterocycles. The van der Waals surface area contributed by atoms with Crippen LogP contribution in [0.2, 0.25) is 0 Å². The molecule has 0 saturated carbocycles. The standard InChI is InChI=1S/C21H24N4O2/c1-17-3-2-4-20(13-17)27-12-10-23-21(26)24-14-18-5-7-19(8-6-18)15-25-11-9-22-16-25/h2-9,11,13,16H,10,12,14-15H2,1H3,(H2,23,24,26). The molecule has 0 aliphatic rings. The third-order valence-corrected chi connectivity index (χ3v) is 4.05. The third kappa shape index (κ3) is 6.18. The van der Waals surface area contributed by atoms with Gasteiger partial charge in [0, 0.05) is 25.5 Å². The van der Waals surface area contributed by atoms with Crippen molar-refractivity contribution in [1.29, 1.82) is 0 Å². The first kappa shape index (κ1) is 18.5. The maximum Gasteiger partial charge on any atom is 0.315 e. The van der Waals surface area contributed by atoms with Crippen molar-refractivity contribution in [3.63, 3.8) is 0 Å². The van der Waals surface area contributed by atoms with Crippen molar-refractivity contribution in [1.82, 2.24) is 20.2 Å². The number of urea groups is 1. The van der Waals surface area contributed by atoms with E-state index in [0.29, 0.717) is 19.7 Å². The van der Waals surface area contributed by atoms with E-state index in [1.165, 1.54) is 5.56 Å². The molecule has 0 aliphatic carbocycles. The van der Waals surface area contributed by atoms with E-state index < -0.39 is 0 Å². The number of rotatable bonds is 8. The van der Waals surface area contributed by atoms with E-state index in [2.05, 4.69) is 27.8 Å². The number of hydrogen-bond acceptors (Lipinski definition) is 3. The molecule has 2 aromatic carbocycles. The second-order valence-corrected chi connectivity index (χ2v) is 6.33. The number of hydrogen-bond donors (Lipinski definition) is 2. The number of imidazole rings is 1. The molecule has 0 bridgehead atoms. The molecule has 0 spiro atoms. The van der Waals surface area contributed by atoms with Gasteiger partial charge in [0.25, 0.3) is 0 Å². The van der Waals surface area contributed by atoms with Crippen LogP contribution < -0.4 is 15.4 Å². The molecule has 2 amide bonds. The Morgan fingerprint density at radius 3 is 2.67 bits per heavy atom. The Morgan fingerprint density at radius 1 is 1.11 bits per heavy atom. The molecule has 0 unspecified atom stereocenters. The van der Waals surface area contributed by atoms with Crippen LogP contribution in [0.1, 0.15) is 16.7 Å². The largest absolute Gasteiger partial charge is 0.492 e. The Kier molecular flexibility index (Phi) is 6.46. The van der Waals surface area contributed by atoms with Gasteiger partial charge in [-0.2, -0.15) is 0 Å². The van der Waals surface area contributed by atoms with Crippen LogP contribution in [0, 0.1) is 6.92 Å². The van der Waals surface area contributed by atoms with E-state index >= 15 is 0 Å². The zero-order valence-corrected chi connectivity index (χ0v) is 15.4. The summed E-state index contributed by atoms with van der Waals surface area (Å²) in [7, 11) is 0. The lowest BCUT2D eigenvalue weighted by Crippen LogP contribution is -2.37. The molecule has 6 nitrogen and oxygen atoms in total. The van der Waals surface area contributed by atoms with Crippen LogP contribution in [0.25, 0.3) is 0 Å². The SMILES string of the molecule is Cc1cccc(OCCNC(=O)NCc2ccc(Cn3ccnc3)cc2)c1. The van der Waals surface area contributed by atoms with E-state index in [9.17, 15) is 4.79 Å². The summed E-state index contributed by atoms with van der Waals surface area (Å²) in [6.07, 6.45) is 5.49. The third-order valence-electron chi connectivity index (χ3n) is 4.05. The van der Waals surface area contributed by atoms with Gasteiger partial charge in [0.1, 0.15) is 12.4 Å². The minimum atomic E-state index is -0.203. The van der Waals surface area contributed by atoms with E-state index in [-0.39, 0.29) is 6.03 Å². The molecule has 140 valence electrons. The number of aromatic nitrogens is 2. The van der Waals surface area contributed by atoms with Gasteiger partial charge in [-0.1, -0.05) is 36.4 Å². The van der Waals surface area contributed by atoms with Gasteiger partial charge in [-0.25, -0.2) is 9.78 Å². The summed E-state index contributed by atoms with van der Waals surface area (Å²) in [5.41, 5.74) is 3.39. The Morgan fingerprint density at radius 2 is 1.93 bits per heavy atom. The molecule has 27 heavy (non-hydrogen) atoms. The number of nitrogens with one attached hydrogen (secondary N) is 2. The van der Waals surface area contributed by atoms with Gasteiger partial charge in [-0.3, -0.25) is 0 Å². The van der Waals surface area contributed by atoms with Crippen molar-refractivity contribution in [2.45, 2.75) is 20.0 Å². The van der Waals surface area contributed by atoms with Crippen LogP contribution in [0.4, 0.5) is 4.79 Å². The number of benzene rings is 2. The van der Waals surface area contributed by atoms with Crippen molar-refractivity contribution in [3.8, 4) is 5.75 Å². The highest BCUT2D eigenvalue weighted by Gasteiger charge is 2.01. The number of ether oxygens (including phenoxy) is 1. The zero-order chi connectivity index (χ0) is 18.9. The van der Waals surface area contributed by atoms with Gasteiger partial charge in [-0.15, -0.1) is 0 Å². The summed E-state index contributed by atoms with van der Waals surface area (Å²) in [5, 5.41) is 5.64. The van der Waals surface area contributed by atoms with Gasteiger partial charge < -0.3 is 19.9 Å². The van der Waals surface area contributed by atoms with Crippen LogP contribution in [-0.4, -0.2) is 28.7 Å². The Balaban J connectivity index is 1.34. The summed E-state index contributed by atoms with van der Waals surface area (Å²) in [4.78, 5) is 15.9. The summed E-state index contributed by atoms with van der Waals surface area (Å²) < 4.78 is 7.62. The summed E-state index contributed by atoms with van der Waals surface area (Å²) >= 11 is 0. The lowest BCUT2D eigenvalue weighted by atomic mass is 10.1. The molecule has 0 saturated heterocycles. The second-order valence-electron chi connectivity index (χ2n) is 6.33. The lowest BCUT2D eigenvalue weighted by molar-refractivity contribution is 0.236. The Bertz CT molecular complexity index is 845. The normalized spacial score (nSPS) is 10.4. The smallest absolute Gasteiger partial charge is 0.315 e. The molecule has 3 aromatic rings. The van der Waals surface area contributed by atoms with E-state index in [0.717, 1.165) is 23.4 Å². The van der Waals surface area contributed by atoms with E-state index in [1.807, 2.05) is 54.1 Å². The number of carbonyl (C=O) groups excluding carboxylic acids is 1. The van der Waals surface area contributed by atoms with Gasteiger partial charge >= 0.3 is 6.03 Å². The number of amides is 2. The average Bonchev–Trinajstić information content (AvgIpc) is 3.18. The molecule has 1 heterocycles. The molecule has 0 aliphatic heterocycles. The van der Waals surface area contributed by atoms with Gasteiger partial charge in [0.05, 0.1) is 12.9 Å². The predicted octanol–water partition coefficient (Wildman–Crippen LogP) is 3.12. The van der Waals surface area contributed by atoms with Crippen molar-refractivity contribution >= 4 is 6.03 Å².